The van der Waals surface area contributed by atoms with Crippen LogP contribution in [0.15, 0.2) is 52.4 Å². The molecule has 0 saturated heterocycles. The van der Waals surface area contributed by atoms with Crippen molar-refractivity contribution in [2.24, 2.45) is 0 Å². The second-order valence-corrected chi connectivity index (χ2v) is 8.28. The van der Waals surface area contributed by atoms with E-state index in [0.29, 0.717) is 27.6 Å². The molecule has 0 aliphatic heterocycles. The van der Waals surface area contributed by atoms with E-state index in [-0.39, 0.29) is 11.5 Å². The molecule has 0 fully saturated rings. The minimum Gasteiger partial charge on any atom is -0.355 e. The number of aromatic nitrogens is 2. The van der Waals surface area contributed by atoms with E-state index in [9.17, 15) is 9.59 Å². The van der Waals surface area contributed by atoms with E-state index < -0.39 is 5.25 Å². The van der Waals surface area contributed by atoms with Gasteiger partial charge in [-0.05, 0) is 50.1 Å². The number of carbonyl (C=O) groups is 1. The number of benzene rings is 2. The third kappa shape index (κ3) is 4.23. The third-order valence-electron chi connectivity index (χ3n) is 4.36. The Morgan fingerprint density at radius 3 is 2.75 bits per heavy atom. The molecule has 0 unspecified atom stereocenters. The highest BCUT2D eigenvalue weighted by Gasteiger charge is 2.20. The number of amides is 1. The van der Waals surface area contributed by atoms with E-state index >= 15 is 0 Å². The second-order valence-electron chi connectivity index (χ2n) is 6.53. The molecule has 1 aromatic heterocycles. The molecule has 1 N–H and O–H groups in total. The fraction of sp³-hybridized carbons (Fsp3) is 0.286. The minimum atomic E-state index is -0.398. The molecule has 1 atom stereocenters. The van der Waals surface area contributed by atoms with Crippen LogP contribution in [-0.4, -0.2) is 27.3 Å². The zero-order valence-electron chi connectivity index (χ0n) is 16.0. The predicted octanol–water partition coefficient (Wildman–Crippen LogP) is 4.35. The lowest BCUT2D eigenvalue weighted by atomic mass is 10.2. The van der Waals surface area contributed by atoms with Crippen LogP contribution in [0.25, 0.3) is 16.6 Å². The van der Waals surface area contributed by atoms with Crippen LogP contribution in [0.4, 0.5) is 0 Å². The summed E-state index contributed by atoms with van der Waals surface area (Å²) in [6, 6.07) is 12.7. The molecule has 0 spiro atoms. The third-order valence-corrected chi connectivity index (χ3v) is 5.65. The molecule has 7 heteroatoms. The van der Waals surface area contributed by atoms with Gasteiger partial charge in [-0.25, -0.2) is 4.98 Å². The maximum Gasteiger partial charge on any atom is 0.266 e. The van der Waals surface area contributed by atoms with Crippen molar-refractivity contribution >= 4 is 40.2 Å². The topological polar surface area (TPSA) is 64.0 Å². The van der Waals surface area contributed by atoms with Crippen LogP contribution in [0.2, 0.25) is 5.02 Å². The Hall–Kier alpha value is -2.31. The molecule has 0 saturated carbocycles. The van der Waals surface area contributed by atoms with Gasteiger partial charge < -0.3 is 5.32 Å². The van der Waals surface area contributed by atoms with Crippen molar-refractivity contribution in [3.8, 4) is 5.69 Å². The summed E-state index contributed by atoms with van der Waals surface area (Å²) in [5.74, 6) is -0.0800. The predicted molar refractivity (Wildman–Crippen MR) is 116 cm³/mol. The molecule has 1 amide bonds. The zero-order valence-corrected chi connectivity index (χ0v) is 17.6. The summed E-state index contributed by atoms with van der Waals surface area (Å²) in [5.41, 5.74) is 2.04. The number of rotatable bonds is 6. The van der Waals surface area contributed by atoms with Crippen molar-refractivity contribution in [1.82, 2.24) is 14.9 Å². The molecular formula is C21H22ClN3O2S. The molecule has 3 aromatic rings. The van der Waals surface area contributed by atoms with Crippen molar-refractivity contribution in [2.75, 3.05) is 6.54 Å². The van der Waals surface area contributed by atoms with Gasteiger partial charge in [0.1, 0.15) is 0 Å². The van der Waals surface area contributed by atoms with Gasteiger partial charge in [-0.1, -0.05) is 48.5 Å². The first-order chi connectivity index (χ1) is 13.4. The summed E-state index contributed by atoms with van der Waals surface area (Å²) in [5, 5.41) is 3.95. The van der Waals surface area contributed by atoms with E-state index in [2.05, 4.69) is 10.3 Å². The van der Waals surface area contributed by atoms with Crippen molar-refractivity contribution in [2.45, 2.75) is 37.6 Å². The summed E-state index contributed by atoms with van der Waals surface area (Å²) < 4.78 is 1.58. The monoisotopic (exact) mass is 415 g/mol. The summed E-state index contributed by atoms with van der Waals surface area (Å²) in [7, 11) is 0. The smallest absolute Gasteiger partial charge is 0.266 e. The fourth-order valence-electron chi connectivity index (χ4n) is 2.85. The molecule has 0 aliphatic carbocycles. The van der Waals surface area contributed by atoms with Crippen molar-refractivity contribution < 1.29 is 4.79 Å². The number of thioether (sulfide) groups is 1. The lowest BCUT2D eigenvalue weighted by Gasteiger charge is -2.17. The molecule has 0 bridgehead atoms. The number of aryl methyl sites for hydroxylation is 1. The Morgan fingerprint density at radius 1 is 1.29 bits per heavy atom. The summed E-state index contributed by atoms with van der Waals surface area (Å²) in [6.45, 7) is 6.38. The molecule has 5 nitrogen and oxygen atoms in total. The number of nitrogens with zero attached hydrogens (tertiary/aromatic N) is 2. The average Bonchev–Trinajstić information content (AvgIpc) is 2.67. The van der Waals surface area contributed by atoms with Crippen molar-refractivity contribution in [3.63, 3.8) is 0 Å². The van der Waals surface area contributed by atoms with Crippen LogP contribution in [0.1, 0.15) is 25.8 Å². The molecule has 3 rings (SSSR count). The standard InChI is InChI=1S/C21H22ClN3O2S/c1-4-11-23-19(26)14(3)28-21-24-17-12-15(22)9-10-16(17)20(27)25(21)18-8-6-5-7-13(18)2/h5-10,12,14H,4,11H2,1-3H3,(H,23,26)/t14-/m0/s1. The SMILES string of the molecule is CCCNC(=O)[C@H](C)Sc1nc2cc(Cl)ccc2c(=O)n1-c1ccccc1C. The van der Waals surface area contributed by atoms with Crippen molar-refractivity contribution in [1.29, 1.82) is 0 Å². The van der Waals surface area contributed by atoms with Gasteiger partial charge in [-0.3, -0.25) is 14.2 Å². The number of nitrogens with one attached hydrogen (secondary N) is 1. The highest BCUT2D eigenvalue weighted by Crippen LogP contribution is 2.27. The Labute approximate surface area is 173 Å². The lowest BCUT2D eigenvalue weighted by molar-refractivity contribution is -0.120. The van der Waals surface area contributed by atoms with Gasteiger partial charge in [0.15, 0.2) is 5.16 Å². The van der Waals surface area contributed by atoms with Gasteiger partial charge in [0, 0.05) is 11.6 Å². The quantitative estimate of drug-likeness (QED) is 0.480. The molecule has 0 radical (unpaired) electrons. The van der Waals surface area contributed by atoms with Crippen molar-refractivity contribution in [3.05, 3.63) is 63.4 Å². The van der Waals surface area contributed by atoms with Crippen LogP contribution in [0.5, 0.6) is 0 Å². The number of para-hydroxylation sites is 1. The Morgan fingerprint density at radius 2 is 2.04 bits per heavy atom. The summed E-state index contributed by atoms with van der Waals surface area (Å²) >= 11 is 7.36. The summed E-state index contributed by atoms with van der Waals surface area (Å²) in [6.07, 6.45) is 0.865. The maximum atomic E-state index is 13.3. The first-order valence-electron chi connectivity index (χ1n) is 9.15. The highest BCUT2D eigenvalue weighted by atomic mass is 35.5. The van der Waals surface area contributed by atoms with E-state index in [4.69, 9.17) is 11.6 Å². The Bertz CT molecular complexity index is 1080. The zero-order chi connectivity index (χ0) is 20.3. The number of fused-ring (bicyclic) bond motifs is 1. The number of halogens is 1. The molecular weight excluding hydrogens is 394 g/mol. The van der Waals surface area contributed by atoms with Gasteiger partial charge in [0.25, 0.3) is 5.56 Å². The Balaban J connectivity index is 2.16. The average molecular weight is 416 g/mol. The van der Waals surface area contributed by atoms with Crippen LogP contribution < -0.4 is 10.9 Å². The summed E-state index contributed by atoms with van der Waals surface area (Å²) in [4.78, 5) is 30.3. The molecule has 0 aliphatic rings. The van der Waals surface area contributed by atoms with Crippen LogP contribution in [0, 0.1) is 6.92 Å². The van der Waals surface area contributed by atoms with Gasteiger partial charge in [-0.15, -0.1) is 0 Å². The number of hydrogen-bond acceptors (Lipinski definition) is 4. The van der Waals surface area contributed by atoms with E-state index in [1.165, 1.54) is 11.8 Å². The molecule has 28 heavy (non-hydrogen) atoms. The fourth-order valence-corrected chi connectivity index (χ4v) is 3.96. The first-order valence-corrected chi connectivity index (χ1v) is 10.4. The highest BCUT2D eigenvalue weighted by molar-refractivity contribution is 8.00. The van der Waals surface area contributed by atoms with Crippen LogP contribution >= 0.6 is 23.4 Å². The minimum absolute atomic E-state index is 0.0800. The van der Waals surface area contributed by atoms with Gasteiger partial charge in [0.2, 0.25) is 5.91 Å². The molecule has 2 aromatic carbocycles. The van der Waals surface area contributed by atoms with Gasteiger partial charge >= 0.3 is 0 Å². The number of carbonyl (C=O) groups excluding carboxylic acids is 1. The Kier molecular flexibility index (Phi) is 6.42. The second kappa shape index (κ2) is 8.80. The van der Waals surface area contributed by atoms with Crippen LogP contribution in [0.3, 0.4) is 0 Å². The van der Waals surface area contributed by atoms with Crippen LogP contribution in [-0.2, 0) is 4.79 Å². The normalized spacial score (nSPS) is 12.1. The van der Waals surface area contributed by atoms with Gasteiger partial charge in [-0.2, -0.15) is 0 Å². The lowest BCUT2D eigenvalue weighted by Crippen LogP contribution is -2.32. The first kappa shape index (κ1) is 20.4. The molecule has 1 heterocycles. The van der Waals surface area contributed by atoms with E-state index in [0.717, 1.165) is 17.7 Å². The number of hydrogen-bond donors (Lipinski definition) is 1. The largest absolute Gasteiger partial charge is 0.355 e. The maximum absolute atomic E-state index is 13.3. The van der Waals surface area contributed by atoms with E-state index in [1.807, 2.05) is 45.0 Å². The van der Waals surface area contributed by atoms with Gasteiger partial charge in [0.05, 0.1) is 21.8 Å². The molecule has 146 valence electrons. The van der Waals surface area contributed by atoms with E-state index in [1.54, 1.807) is 22.8 Å².